The Bertz CT molecular complexity index is 1940. The van der Waals surface area contributed by atoms with Crippen LogP contribution in [-0.4, -0.2) is 18.5 Å². The summed E-state index contributed by atoms with van der Waals surface area (Å²) in [6, 6.07) is 42.4. The topological polar surface area (TPSA) is 60.3 Å². The maximum atomic E-state index is 9.09. The molecule has 0 fully saturated rings. The SMILES string of the molecule is N=C(c1ccccc1)c1ccc(-c2ccccc2)cc1NCc1cc(C2=CCNC=C2)cc(-c2ccc(C3C=CC=N3)cc2)c1. The van der Waals surface area contributed by atoms with E-state index in [2.05, 4.69) is 119 Å². The predicted molar refractivity (Wildman–Crippen MR) is 189 cm³/mol. The summed E-state index contributed by atoms with van der Waals surface area (Å²) in [7, 11) is 0. The summed E-state index contributed by atoms with van der Waals surface area (Å²) in [5, 5.41) is 16.1. The first-order valence-electron chi connectivity index (χ1n) is 15.3. The zero-order chi connectivity index (χ0) is 30.4. The van der Waals surface area contributed by atoms with E-state index < -0.39 is 0 Å². The van der Waals surface area contributed by atoms with Gasteiger partial charge in [-0.3, -0.25) is 10.4 Å². The third-order valence-corrected chi connectivity index (χ3v) is 8.30. The Balaban J connectivity index is 1.24. The monoisotopic (exact) mass is 582 g/mol. The van der Waals surface area contributed by atoms with Crippen molar-refractivity contribution in [2.45, 2.75) is 12.6 Å². The molecule has 5 aromatic carbocycles. The molecule has 0 saturated heterocycles. The first-order valence-corrected chi connectivity index (χ1v) is 15.3. The number of aliphatic imine (C=N–C) groups is 1. The van der Waals surface area contributed by atoms with E-state index in [4.69, 9.17) is 5.41 Å². The molecule has 5 aromatic rings. The fourth-order valence-corrected chi connectivity index (χ4v) is 5.89. The highest BCUT2D eigenvalue weighted by molar-refractivity contribution is 6.14. The predicted octanol–water partition coefficient (Wildman–Crippen LogP) is 9.23. The number of allylic oxidation sites excluding steroid dienone is 3. The molecule has 0 saturated carbocycles. The van der Waals surface area contributed by atoms with Crippen LogP contribution in [0.4, 0.5) is 5.69 Å². The molecule has 0 aromatic heterocycles. The molecule has 0 amide bonds. The van der Waals surface area contributed by atoms with Gasteiger partial charge in [-0.05, 0) is 87.1 Å². The van der Waals surface area contributed by atoms with Crippen LogP contribution in [0.1, 0.15) is 33.9 Å². The first-order chi connectivity index (χ1) is 22.2. The number of dihydropyridines is 1. The average Bonchev–Trinajstić information content (AvgIpc) is 3.67. The molecular formula is C41H34N4. The summed E-state index contributed by atoms with van der Waals surface area (Å²) >= 11 is 0. The standard InChI is InChI=1S/C41H34N4/c42-41(34-10-5-2-6-11-34)38-18-17-35(30-8-3-1-4-9-30)27-40(38)45-28-29-24-36(26-37(25-29)32-19-22-43-23-20-32)31-13-15-33(16-14-31)39-12-7-21-44-39/h1-22,24-27,39,42-43,45H,23,28H2. The van der Waals surface area contributed by atoms with Gasteiger partial charge in [0.25, 0.3) is 0 Å². The van der Waals surface area contributed by atoms with Crippen molar-refractivity contribution in [1.29, 1.82) is 5.41 Å². The van der Waals surface area contributed by atoms with Gasteiger partial charge >= 0.3 is 0 Å². The maximum absolute atomic E-state index is 9.09. The van der Waals surface area contributed by atoms with Crippen molar-refractivity contribution >= 4 is 23.2 Å². The Labute approximate surface area is 264 Å². The van der Waals surface area contributed by atoms with Gasteiger partial charge in [0, 0.05) is 36.1 Å². The van der Waals surface area contributed by atoms with Gasteiger partial charge < -0.3 is 10.6 Å². The molecule has 1 unspecified atom stereocenters. The van der Waals surface area contributed by atoms with Gasteiger partial charge in [-0.25, -0.2) is 0 Å². The molecule has 0 radical (unpaired) electrons. The third-order valence-electron chi connectivity index (χ3n) is 8.30. The summed E-state index contributed by atoms with van der Waals surface area (Å²) < 4.78 is 0. The molecule has 45 heavy (non-hydrogen) atoms. The summed E-state index contributed by atoms with van der Waals surface area (Å²) in [6.45, 7) is 1.42. The molecule has 4 heteroatoms. The molecule has 7 rings (SSSR count). The summed E-state index contributed by atoms with van der Waals surface area (Å²) in [6.07, 6.45) is 12.4. The smallest absolute Gasteiger partial charge is 0.0933 e. The Morgan fingerprint density at radius 2 is 1.49 bits per heavy atom. The second-order valence-corrected chi connectivity index (χ2v) is 11.3. The minimum absolute atomic E-state index is 0.102. The number of rotatable bonds is 9. The van der Waals surface area contributed by atoms with Gasteiger partial charge in [0.05, 0.1) is 11.8 Å². The van der Waals surface area contributed by atoms with E-state index >= 15 is 0 Å². The molecule has 2 aliphatic heterocycles. The zero-order valence-electron chi connectivity index (χ0n) is 24.9. The quantitative estimate of drug-likeness (QED) is 0.152. The zero-order valence-corrected chi connectivity index (χ0v) is 24.9. The van der Waals surface area contributed by atoms with E-state index in [-0.39, 0.29) is 6.04 Å². The van der Waals surface area contributed by atoms with Crippen LogP contribution in [0.15, 0.2) is 157 Å². The molecule has 1 atom stereocenters. The Kier molecular flexibility index (Phi) is 8.02. The average molecular weight is 583 g/mol. The van der Waals surface area contributed by atoms with E-state index in [1.165, 1.54) is 33.4 Å². The van der Waals surface area contributed by atoms with E-state index in [0.29, 0.717) is 12.3 Å². The molecule has 0 spiro atoms. The highest BCUT2D eigenvalue weighted by Gasteiger charge is 2.14. The van der Waals surface area contributed by atoms with E-state index in [1.54, 1.807) is 0 Å². The first kappa shape index (κ1) is 28.1. The van der Waals surface area contributed by atoms with E-state index in [0.717, 1.165) is 34.5 Å². The summed E-state index contributed by atoms with van der Waals surface area (Å²) in [4.78, 5) is 4.53. The van der Waals surface area contributed by atoms with Crippen LogP contribution in [0.3, 0.4) is 0 Å². The van der Waals surface area contributed by atoms with Crippen molar-refractivity contribution in [2.24, 2.45) is 4.99 Å². The Hall–Kier alpha value is -5.74. The minimum Gasteiger partial charge on any atom is -0.387 e. The van der Waals surface area contributed by atoms with Crippen LogP contribution >= 0.6 is 0 Å². The molecule has 2 aliphatic rings. The molecule has 2 heterocycles. The molecule has 3 N–H and O–H groups in total. The summed E-state index contributed by atoms with van der Waals surface area (Å²) in [5.74, 6) is 0. The number of nitrogens with one attached hydrogen (secondary N) is 3. The van der Waals surface area contributed by atoms with E-state index in [9.17, 15) is 0 Å². The lowest BCUT2D eigenvalue weighted by Gasteiger charge is -2.17. The number of hydrogen-bond acceptors (Lipinski definition) is 4. The van der Waals surface area contributed by atoms with Crippen LogP contribution in [0.2, 0.25) is 0 Å². The van der Waals surface area contributed by atoms with Crippen LogP contribution in [0.5, 0.6) is 0 Å². The third kappa shape index (κ3) is 6.31. The molecule has 218 valence electrons. The van der Waals surface area contributed by atoms with Crippen molar-refractivity contribution in [1.82, 2.24) is 5.32 Å². The van der Waals surface area contributed by atoms with Crippen LogP contribution < -0.4 is 10.6 Å². The van der Waals surface area contributed by atoms with Gasteiger partial charge in [-0.15, -0.1) is 0 Å². The van der Waals surface area contributed by atoms with E-state index in [1.807, 2.05) is 54.9 Å². The lowest BCUT2D eigenvalue weighted by atomic mass is 9.94. The van der Waals surface area contributed by atoms with Gasteiger partial charge in [0.1, 0.15) is 0 Å². The van der Waals surface area contributed by atoms with Gasteiger partial charge in [-0.1, -0.05) is 109 Å². The van der Waals surface area contributed by atoms with Crippen LogP contribution in [0.25, 0.3) is 27.8 Å². The maximum Gasteiger partial charge on any atom is 0.0933 e. The fourth-order valence-electron chi connectivity index (χ4n) is 5.89. The van der Waals surface area contributed by atoms with Crippen LogP contribution in [0, 0.1) is 5.41 Å². The van der Waals surface area contributed by atoms with Crippen molar-refractivity contribution in [3.05, 3.63) is 180 Å². The second-order valence-electron chi connectivity index (χ2n) is 11.3. The Morgan fingerprint density at radius 3 is 2.22 bits per heavy atom. The second kappa shape index (κ2) is 12.9. The summed E-state index contributed by atoms with van der Waals surface area (Å²) in [5.41, 5.74) is 12.6. The largest absolute Gasteiger partial charge is 0.387 e. The normalized spacial score (nSPS) is 15.0. The molecule has 4 nitrogen and oxygen atoms in total. The van der Waals surface area contributed by atoms with Crippen molar-refractivity contribution in [3.8, 4) is 22.3 Å². The van der Waals surface area contributed by atoms with Crippen molar-refractivity contribution < 1.29 is 0 Å². The number of anilines is 1. The lowest BCUT2D eigenvalue weighted by Crippen LogP contribution is -2.10. The fraction of sp³-hybridized carbons (Fsp3) is 0.0732. The highest BCUT2D eigenvalue weighted by atomic mass is 14.9. The number of nitrogens with zero attached hydrogens (tertiary/aromatic N) is 1. The molecule has 0 bridgehead atoms. The molecular weight excluding hydrogens is 548 g/mol. The van der Waals surface area contributed by atoms with Crippen molar-refractivity contribution in [3.63, 3.8) is 0 Å². The number of benzene rings is 5. The van der Waals surface area contributed by atoms with Gasteiger partial charge in [0.15, 0.2) is 0 Å². The number of hydrogen-bond donors (Lipinski definition) is 3. The van der Waals surface area contributed by atoms with Gasteiger partial charge in [0.2, 0.25) is 0 Å². The highest BCUT2D eigenvalue weighted by Crippen LogP contribution is 2.32. The Morgan fingerprint density at radius 1 is 0.756 bits per heavy atom. The van der Waals surface area contributed by atoms with Crippen molar-refractivity contribution in [2.75, 3.05) is 11.9 Å². The minimum atomic E-state index is 0.102. The van der Waals surface area contributed by atoms with Gasteiger partial charge in [-0.2, -0.15) is 0 Å². The molecule has 0 aliphatic carbocycles. The van der Waals surface area contributed by atoms with Crippen LogP contribution in [-0.2, 0) is 6.54 Å². The lowest BCUT2D eigenvalue weighted by molar-refractivity contribution is 0.936.